The summed E-state index contributed by atoms with van der Waals surface area (Å²) < 4.78 is 14.8. The summed E-state index contributed by atoms with van der Waals surface area (Å²) in [4.78, 5) is 8.38. The Labute approximate surface area is 140 Å². The summed E-state index contributed by atoms with van der Waals surface area (Å²) in [5.74, 6) is 0. The number of unbranched alkanes of at least 4 members (excludes halogenated alkanes) is 9. The van der Waals surface area contributed by atoms with Crippen molar-refractivity contribution < 1.29 is 54.8 Å². The van der Waals surface area contributed by atoms with Gasteiger partial charge in [-0.15, -0.1) is 9.42 Å². The van der Waals surface area contributed by atoms with Crippen LogP contribution in [0.1, 0.15) is 71.1 Å². The van der Waals surface area contributed by atoms with Crippen LogP contribution in [0.2, 0.25) is 0 Å². The van der Waals surface area contributed by atoms with E-state index in [9.17, 15) is 4.57 Å². The molecule has 0 rings (SSSR count). The molecule has 0 amide bonds. The smallest absolute Gasteiger partial charge is 0.133 e. The van der Waals surface area contributed by atoms with E-state index in [4.69, 9.17) is 4.89 Å². The number of hydrogen-bond donors (Lipinski definition) is 1. The molecule has 1 atom stereocenters. The molecule has 0 spiro atoms. The van der Waals surface area contributed by atoms with E-state index in [1.54, 1.807) is 0 Å². The molecule has 3 nitrogen and oxygen atoms in total. The summed E-state index contributed by atoms with van der Waals surface area (Å²) in [6.07, 6.45) is 12.7. The van der Waals surface area contributed by atoms with Crippen LogP contribution in [-0.2, 0) is 9.09 Å². The second kappa shape index (κ2) is 17.4. The van der Waals surface area contributed by atoms with E-state index in [0.717, 1.165) is 12.8 Å². The predicted octanol–water partition coefficient (Wildman–Crippen LogP) is 4.57. The molecular weight excluding hydrogens is 367 g/mol. The fourth-order valence-electron chi connectivity index (χ4n) is 1.73. The molecule has 0 aliphatic heterocycles. The first-order valence-electron chi connectivity index (χ1n) is 6.56. The third-order valence-corrected chi connectivity index (χ3v) is 3.10. The normalized spacial score (nSPS) is 11.1. The van der Waals surface area contributed by atoms with Gasteiger partial charge in [0.1, 0.15) is 6.61 Å². The van der Waals surface area contributed by atoms with Crippen LogP contribution in [0.4, 0.5) is 0 Å². The summed E-state index contributed by atoms with van der Waals surface area (Å²) in [6.45, 7) is 2.66. The number of rotatable bonds is 12. The number of hydrogen-bond acceptors (Lipinski definition) is 2. The Balaban J connectivity index is 0. The SMILES string of the molecule is CCCCCCCCCCCCO[P+](=O)O.[Nd]. The molecule has 0 fully saturated rings. The van der Waals surface area contributed by atoms with Crippen molar-refractivity contribution in [2.45, 2.75) is 71.1 Å². The zero-order chi connectivity index (χ0) is 12.1. The van der Waals surface area contributed by atoms with Gasteiger partial charge in [0.15, 0.2) is 0 Å². The maximum absolute atomic E-state index is 10.2. The topological polar surface area (TPSA) is 46.5 Å². The largest absolute Gasteiger partial charge is 0.694 e. The van der Waals surface area contributed by atoms with Crippen molar-refractivity contribution in [1.82, 2.24) is 0 Å². The first kappa shape index (κ1) is 20.7. The van der Waals surface area contributed by atoms with Crippen molar-refractivity contribution in [1.29, 1.82) is 0 Å². The second-order valence-electron chi connectivity index (χ2n) is 4.25. The Morgan fingerprint density at radius 1 is 0.882 bits per heavy atom. The molecule has 0 aliphatic rings. The summed E-state index contributed by atoms with van der Waals surface area (Å²) in [6, 6.07) is 0. The molecule has 0 saturated carbocycles. The summed E-state index contributed by atoms with van der Waals surface area (Å²) in [5, 5.41) is 0. The molecular formula is C12H26NdO3P+. The Hall–Kier alpha value is 1.37. The molecule has 0 saturated heterocycles. The van der Waals surface area contributed by atoms with Gasteiger partial charge in [0.25, 0.3) is 0 Å². The van der Waals surface area contributed by atoms with Crippen molar-refractivity contribution in [3.63, 3.8) is 0 Å². The molecule has 0 heterocycles. The quantitative estimate of drug-likeness (QED) is 0.390. The molecule has 1 unspecified atom stereocenters. The van der Waals surface area contributed by atoms with Crippen molar-refractivity contribution >= 4 is 8.25 Å². The van der Waals surface area contributed by atoms with Crippen molar-refractivity contribution in [3.05, 3.63) is 0 Å². The molecule has 0 aromatic carbocycles. The first-order chi connectivity index (χ1) is 7.77. The van der Waals surface area contributed by atoms with E-state index < -0.39 is 8.25 Å². The molecule has 5 heteroatoms. The van der Waals surface area contributed by atoms with E-state index in [0.29, 0.717) is 6.61 Å². The Morgan fingerprint density at radius 2 is 1.29 bits per heavy atom. The molecule has 0 aromatic heterocycles. The fraction of sp³-hybridized carbons (Fsp3) is 1.00. The van der Waals surface area contributed by atoms with Crippen LogP contribution in [0.25, 0.3) is 0 Å². The van der Waals surface area contributed by atoms with Crippen LogP contribution < -0.4 is 0 Å². The Morgan fingerprint density at radius 3 is 1.71 bits per heavy atom. The van der Waals surface area contributed by atoms with Crippen LogP contribution in [0.15, 0.2) is 0 Å². The average molecular weight is 394 g/mol. The third-order valence-electron chi connectivity index (χ3n) is 2.70. The molecule has 0 bridgehead atoms. The van der Waals surface area contributed by atoms with Gasteiger partial charge in [-0.05, 0) is 6.42 Å². The molecule has 0 aromatic rings. The van der Waals surface area contributed by atoms with Crippen LogP contribution >= 0.6 is 8.25 Å². The van der Waals surface area contributed by atoms with Gasteiger partial charge in [0, 0.05) is 45.4 Å². The summed E-state index contributed by atoms with van der Waals surface area (Å²) in [7, 11) is -2.39. The van der Waals surface area contributed by atoms with E-state index in [-0.39, 0.29) is 40.8 Å². The van der Waals surface area contributed by atoms with E-state index >= 15 is 0 Å². The minimum atomic E-state index is -2.39. The monoisotopic (exact) mass is 391 g/mol. The average Bonchev–Trinajstić information content (AvgIpc) is 2.25. The minimum absolute atomic E-state index is 0. The van der Waals surface area contributed by atoms with Gasteiger partial charge in [-0.2, -0.15) is 0 Å². The van der Waals surface area contributed by atoms with Crippen LogP contribution in [0.3, 0.4) is 0 Å². The standard InChI is InChI=1S/C12H25O3P.Nd/c1-2-3-4-5-6-7-8-9-10-11-12-15-16(13)14;/h2-12H2,1H3;/p+1. The van der Waals surface area contributed by atoms with Gasteiger partial charge >= 0.3 is 8.25 Å². The zero-order valence-electron chi connectivity index (χ0n) is 11.0. The third kappa shape index (κ3) is 19.9. The van der Waals surface area contributed by atoms with E-state index in [1.165, 1.54) is 51.4 Å². The molecule has 17 heavy (non-hydrogen) atoms. The zero-order valence-corrected chi connectivity index (χ0v) is 15.1. The molecule has 0 radical (unpaired) electrons. The van der Waals surface area contributed by atoms with Gasteiger partial charge in [-0.1, -0.05) is 64.7 Å². The van der Waals surface area contributed by atoms with Gasteiger partial charge in [-0.25, -0.2) is 0 Å². The van der Waals surface area contributed by atoms with Gasteiger partial charge in [-0.3, -0.25) is 0 Å². The maximum Gasteiger partial charge on any atom is 0.694 e. The Bertz CT molecular complexity index is 168. The maximum atomic E-state index is 10.2. The van der Waals surface area contributed by atoms with Crippen molar-refractivity contribution in [2.75, 3.05) is 6.61 Å². The Kier molecular flexibility index (Phi) is 21.1. The first-order valence-corrected chi connectivity index (χ1v) is 7.69. The second-order valence-corrected chi connectivity index (χ2v) is 4.99. The molecule has 100 valence electrons. The van der Waals surface area contributed by atoms with E-state index in [1.807, 2.05) is 0 Å². The van der Waals surface area contributed by atoms with Crippen LogP contribution in [0.5, 0.6) is 0 Å². The van der Waals surface area contributed by atoms with Crippen LogP contribution in [-0.4, -0.2) is 11.5 Å². The van der Waals surface area contributed by atoms with Crippen molar-refractivity contribution in [3.8, 4) is 0 Å². The van der Waals surface area contributed by atoms with Crippen LogP contribution in [0, 0.1) is 40.8 Å². The summed E-state index contributed by atoms with van der Waals surface area (Å²) in [5.41, 5.74) is 0. The minimum Gasteiger partial charge on any atom is -0.133 e. The molecule has 0 aliphatic carbocycles. The van der Waals surface area contributed by atoms with Crippen molar-refractivity contribution in [2.24, 2.45) is 0 Å². The van der Waals surface area contributed by atoms with Gasteiger partial charge in [0.05, 0.1) is 0 Å². The van der Waals surface area contributed by atoms with Gasteiger partial charge in [0.2, 0.25) is 0 Å². The molecule has 1 N–H and O–H groups in total. The van der Waals surface area contributed by atoms with E-state index in [2.05, 4.69) is 11.4 Å². The fourth-order valence-corrected chi connectivity index (χ4v) is 2.02. The predicted molar refractivity (Wildman–Crippen MR) is 67.6 cm³/mol. The summed E-state index contributed by atoms with van der Waals surface area (Å²) >= 11 is 0. The van der Waals surface area contributed by atoms with Gasteiger partial charge < -0.3 is 0 Å².